The summed E-state index contributed by atoms with van der Waals surface area (Å²) in [4.78, 5) is 0. The maximum atomic E-state index is 6.65. The number of hydrogen-bond acceptors (Lipinski definition) is 2. The minimum absolute atomic E-state index is 0.292. The van der Waals surface area contributed by atoms with E-state index in [4.69, 9.17) is 9.16 Å². The van der Waals surface area contributed by atoms with Gasteiger partial charge in [0, 0.05) is 12.7 Å². The van der Waals surface area contributed by atoms with Crippen LogP contribution in [0.4, 0.5) is 0 Å². The molecule has 0 fully saturated rings. The topological polar surface area (TPSA) is 18.5 Å². The van der Waals surface area contributed by atoms with E-state index in [9.17, 15) is 0 Å². The van der Waals surface area contributed by atoms with Crippen molar-refractivity contribution in [3.05, 3.63) is 60.7 Å². The summed E-state index contributed by atoms with van der Waals surface area (Å²) in [6, 6.07) is 20.7. The molecule has 23 heavy (non-hydrogen) atoms. The molecule has 0 aromatic heterocycles. The Hall–Kier alpha value is -1.86. The van der Waals surface area contributed by atoms with Crippen LogP contribution in [0.5, 0.6) is 0 Å². The van der Waals surface area contributed by atoms with E-state index < -0.39 is 8.32 Å². The minimum atomic E-state index is -2.66. The summed E-state index contributed by atoms with van der Waals surface area (Å²) in [6.07, 6.45) is 0. The molecule has 2 rings (SSSR count). The largest absolute Gasteiger partial charge is 0.394 e. The fourth-order valence-corrected chi connectivity index (χ4v) is 5.96. The van der Waals surface area contributed by atoms with Gasteiger partial charge in [0.05, 0.1) is 0 Å². The quantitative estimate of drug-likeness (QED) is 0.636. The summed E-state index contributed by atoms with van der Waals surface area (Å²) in [5.41, 5.74) is 3.17. The SMILES string of the molecule is COCC#C[Si](OC(C)(C)C)(c1ccccc1)c1ccccc1. The van der Waals surface area contributed by atoms with Gasteiger partial charge in [-0.1, -0.05) is 72.1 Å². The van der Waals surface area contributed by atoms with Crippen LogP contribution in [0.15, 0.2) is 60.7 Å². The third-order valence-electron chi connectivity index (χ3n) is 3.30. The van der Waals surface area contributed by atoms with Crippen molar-refractivity contribution < 1.29 is 9.16 Å². The fourth-order valence-electron chi connectivity index (χ4n) is 2.49. The van der Waals surface area contributed by atoms with Crippen LogP contribution in [0.2, 0.25) is 0 Å². The van der Waals surface area contributed by atoms with E-state index in [1.165, 1.54) is 0 Å². The Labute approximate surface area is 140 Å². The van der Waals surface area contributed by atoms with Gasteiger partial charge in [-0.15, -0.1) is 0 Å². The first-order chi connectivity index (χ1) is 11.0. The molecule has 0 atom stereocenters. The fraction of sp³-hybridized carbons (Fsp3) is 0.300. The Morgan fingerprint density at radius 3 is 1.74 bits per heavy atom. The third-order valence-corrected chi connectivity index (χ3v) is 7.04. The van der Waals surface area contributed by atoms with E-state index in [-0.39, 0.29) is 5.60 Å². The van der Waals surface area contributed by atoms with Crippen LogP contribution in [0.1, 0.15) is 20.8 Å². The van der Waals surface area contributed by atoms with Crippen molar-refractivity contribution in [2.24, 2.45) is 0 Å². The van der Waals surface area contributed by atoms with Gasteiger partial charge in [0.1, 0.15) is 6.61 Å². The molecular formula is C20H24O2Si. The molecule has 0 unspecified atom stereocenters. The number of hydrogen-bond donors (Lipinski definition) is 0. The maximum absolute atomic E-state index is 6.65. The molecule has 2 aromatic rings. The van der Waals surface area contributed by atoms with Crippen LogP contribution in [-0.4, -0.2) is 27.6 Å². The standard InChI is InChI=1S/C20H24O2Si/c1-20(2,3)22-23(17-11-16-21-4,18-12-7-5-8-13-18)19-14-9-6-10-15-19/h5-10,12-15H,16H2,1-4H3. The Bertz CT molecular complexity index is 624. The van der Waals surface area contributed by atoms with Crippen molar-refractivity contribution in [3.8, 4) is 11.5 Å². The highest BCUT2D eigenvalue weighted by molar-refractivity contribution is 7.03. The molecule has 0 aliphatic carbocycles. The molecule has 0 heterocycles. The highest BCUT2D eigenvalue weighted by atomic mass is 28.4. The van der Waals surface area contributed by atoms with Crippen LogP contribution in [0, 0.1) is 11.5 Å². The van der Waals surface area contributed by atoms with Crippen LogP contribution in [0.25, 0.3) is 0 Å². The molecule has 0 aliphatic rings. The number of methoxy groups -OCH3 is 1. The second-order valence-corrected chi connectivity index (χ2v) is 9.33. The van der Waals surface area contributed by atoms with Gasteiger partial charge >= 0.3 is 8.32 Å². The molecule has 120 valence electrons. The second-order valence-electron chi connectivity index (χ2n) is 6.36. The zero-order valence-electron chi connectivity index (χ0n) is 14.3. The number of rotatable bonds is 4. The van der Waals surface area contributed by atoms with E-state index in [0.29, 0.717) is 6.61 Å². The Balaban J connectivity index is 2.66. The number of ether oxygens (including phenoxy) is 1. The average molecular weight is 324 g/mol. The summed E-state index contributed by atoms with van der Waals surface area (Å²) < 4.78 is 11.8. The van der Waals surface area contributed by atoms with Crippen molar-refractivity contribution in [2.75, 3.05) is 13.7 Å². The normalized spacial score (nSPS) is 11.7. The van der Waals surface area contributed by atoms with Crippen LogP contribution in [-0.2, 0) is 9.16 Å². The molecular weight excluding hydrogens is 300 g/mol. The monoisotopic (exact) mass is 324 g/mol. The molecule has 2 nitrogen and oxygen atoms in total. The van der Waals surface area contributed by atoms with E-state index in [1.807, 2.05) is 36.4 Å². The molecule has 0 saturated heterocycles. The second kappa shape index (κ2) is 7.61. The Morgan fingerprint density at radius 1 is 0.870 bits per heavy atom. The molecule has 0 amide bonds. The summed E-state index contributed by atoms with van der Waals surface area (Å²) in [7, 11) is -1.00. The third kappa shape index (κ3) is 4.55. The van der Waals surface area contributed by atoms with Gasteiger partial charge in [0.25, 0.3) is 0 Å². The molecule has 2 aromatic carbocycles. The van der Waals surface area contributed by atoms with E-state index >= 15 is 0 Å². The number of benzene rings is 2. The highest BCUT2D eigenvalue weighted by Crippen LogP contribution is 2.17. The zero-order chi connectivity index (χ0) is 16.8. The van der Waals surface area contributed by atoms with E-state index in [2.05, 4.69) is 56.5 Å². The van der Waals surface area contributed by atoms with E-state index in [0.717, 1.165) is 10.4 Å². The first-order valence-corrected chi connectivity index (χ1v) is 9.69. The summed E-state index contributed by atoms with van der Waals surface area (Å²) in [6.45, 7) is 6.65. The van der Waals surface area contributed by atoms with Crippen LogP contribution in [0.3, 0.4) is 0 Å². The van der Waals surface area contributed by atoms with Crippen molar-refractivity contribution in [2.45, 2.75) is 26.4 Å². The molecule has 0 bridgehead atoms. The minimum Gasteiger partial charge on any atom is -0.394 e. The summed E-state index contributed by atoms with van der Waals surface area (Å²) in [5, 5.41) is 2.31. The van der Waals surface area contributed by atoms with Crippen molar-refractivity contribution >= 4 is 18.7 Å². The first kappa shape index (κ1) is 17.5. The smallest absolute Gasteiger partial charge is 0.337 e. The first-order valence-electron chi connectivity index (χ1n) is 7.78. The molecule has 0 N–H and O–H groups in total. The molecule has 0 saturated carbocycles. The Kier molecular flexibility index (Phi) is 5.78. The van der Waals surface area contributed by atoms with Crippen LogP contribution < -0.4 is 10.4 Å². The van der Waals surface area contributed by atoms with Crippen molar-refractivity contribution in [3.63, 3.8) is 0 Å². The lowest BCUT2D eigenvalue weighted by molar-refractivity contribution is 0.130. The lowest BCUT2D eigenvalue weighted by Gasteiger charge is -2.34. The molecule has 0 aliphatic heterocycles. The van der Waals surface area contributed by atoms with Crippen LogP contribution >= 0.6 is 0 Å². The summed E-state index contributed by atoms with van der Waals surface area (Å²) in [5.74, 6) is 3.16. The van der Waals surface area contributed by atoms with Gasteiger partial charge < -0.3 is 9.16 Å². The highest BCUT2D eigenvalue weighted by Gasteiger charge is 2.41. The molecule has 0 radical (unpaired) electrons. The maximum Gasteiger partial charge on any atom is 0.337 e. The van der Waals surface area contributed by atoms with Gasteiger partial charge in [-0.2, -0.15) is 0 Å². The van der Waals surface area contributed by atoms with E-state index in [1.54, 1.807) is 7.11 Å². The predicted octanol–water partition coefficient (Wildman–Crippen LogP) is 2.75. The van der Waals surface area contributed by atoms with Gasteiger partial charge in [-0.05, 0) is 31.1 Å². The zero-order valence-corrected chi connectivity index (χ0v) is 15.3. The average Bonchev–Trinajstić information content (AvgIpc) is 2.54. The Morgan fingerprint density at radius 2 is 1.35 bits per heavy atom. The summed E-state index contributed by atoms with van der Waals surface area (Å²) >= 11 is 0. The van der Waals surface area contributed by atoms with Gasteiger partial charge in [0.2, 0.25) is 0 Å². The van der Waals surface area contributed by atoms with Crippen molar-refractivity contribution in [1.29, 1.82) is 0 Å². The van der Waals surface area contributed by atoms with Gasteiger partial charge in [-0.3, -0.25) is 0 Å². The lowest BCUT2D eigenvalue weighted by Crippen LogP contribution is -2.63. The molecule has 0 spiro atoms. The van der Waals surface area contributed by atoms with Crippen molar-refractivity contribution in [1.82, 2.24) is 0 Å². The molecule has 3 heteroatoms. The predicted molar refractivity (Wildman–Crippen MR) is 98.4 cm³/mol. The lowest BCUT2D eigenvalue weighted by atomic mass is 10.2. The van der Waals surface area contributed by atoms with Gasteiger partial charge in [-0.25, -0.2) is 0 Å². The van der Waals surface area contributed by atoms with Gasteiger partial charge in [0.15, 0.2) is 0 Å².